The normalized spacial score (nSPS) is 15.9. The Labute approximate surface area is 168 Å². The first-order valence-corrected chi connectivity index (χ1v) is 8.71. The van der Waals surface area contributed by atoms with Gasteiger partial charge in [0, 0.05) is 39.8 Å². The molecule has 0 amide bonds. The van der Waals surface area contributed by atoms with Gasteiger partial charge in [-0.25, -0.2) is 0 Å². The molecule has 1 heterocycles. The number of nitrogens with one attached hydrogen (secondary N) is 2. The Bertz CT molecular complexity index is 528. The standard InChI is InChI=1S/C18H30N4O2.HI/c1-3-19-18(20-9-11-24-2)21-12-17(23)14-22-10-8-15-6-4-5-7-16(15)13-22;/h4-7,17,23H,3,8-14H2,1-2H3,(H2,19,20,21);1H. The van der Waals surface area contributed by atoms with Crippen molar-refractivity contribution in [3.8, 4) is 0 Å². The maximum atomic E-state index is 10.3. The lowest BCUT2D eigenvalue weighted by molar-refractivity contribution is 0.111. The Morgan fingerprint density at radius 1 is 1.32 bits per heavy atom. The Morgan fingerprint density at radius 2 is 2.08 bits per heavy atom. The number of nitrogens with zero attached hydrogens (tertiary/aromatic N) is 2. The second-order valence-corrected chi connectivity index (χ2v) is 6.05. The van der Waals surface area contributed by atoms with E-state index in [0.717, 1.165) is 32.0 Å². The van der Waals surface area contributed by atoms with Gasteiger partial charge in [-0.1, -0.05) is 24.3 Å². The molecule has 1 aromatic carbocycles. The van der Waals surface area contributed by atoms with E-state index in [1.807, 2.05) is 6.92 Å². The van der Waals surface area contributed by atoms with E-state index in [2.05, 4.69) is 44.8 Å². The molecule has 0 aliphatic carbocycles. The molecule has 1 atom stereocenters. The van der Waals surface area contributed by atoms with E-state index >= 15 is 0 Å². The van der Waals surface area contributed by atoms with Gasteiger partial charge in [-0.05, 0) is 24.5 Å². The highest BCUT2D eigenvalue weighted by Gasteiger charge is 2.18. The number of methoxy groups -OCH3 is 1. The van der Waals surface area contributed by atoms with Crippen LogP contribution in [0.4, 0.5) is 0 Å². The summed E-state index contributed by atoms with van der Waals surface area (Å²) in [6.07, 6.45) is 0.584. The predicted octanol–water partition coefficient (Wildman–Crippen LogP) is 1.23. The van der Waals surface area contributed by atoms with Crippen molar-refractivity contribution in [1.29, 1.82) is 0 Å². The molecule has 3 N–H and O–H groups in total. The van der Waals surface area contributed by atoms with Gasteiger partial charge in [0.1, 0.15) is 0 Å². The van der Waals surface area contributed by atoms with Gasteiger partial charge in [0.15, 0.2) is 5.96 Å². The van der Waals surface area contributed by atoms with Crippen LogP contribution in [-0.2, 0) is 17.7 Å². The highest BCUT2D eigenvalue weighted by molar-refractivity contribution is 14.0. The van der Waals surface area contributed by atoms with Gasteiger partial charge >= 0.3 is 0 Å². The van der Waals surface area contributed by atoms with Gasteiger partial charge < -0.3 is 20.5 Å². The number of aliphatic imine (C=N–C) groups is 1. The zero-order valence-corrected chi connectivity index (χ0v) is 17.5. The number of rotatable bonds is 8. The SMILES string of the molecule is CCNC(=NCC(O)CN1CCc2ccccc2C1)NCCOC.I. The number of hydrogen-bond donors (Lipinski definition) is 3. The summed E-state index contributed by atoms with van der Waals surface area (Å²) >= 11 is 0. The zero-order chi connectivity index (χ0) is 17.2. The maximum Gasteiger partial charge on any atom is 0.191 e. The molecule has 25 heavy (non-hydrogen) atoms. The minimum Gasteiger partial charge on any atom is -0.390 e. The Morgan fingerprint density at radius 3 is 2.80 bits per heavy atom. The number of hydrogen-bond acceptors (Lipinski definition) is 4. The summed E-state index contributed by atoms with van der Waals surface area (Å²) in [5.41, 5.74) is 2.80. The lowest BCUT2D eigenvalue weighted by Gasteiger charge is -2.30. The molecule has 0 radical (unpaired) electrons. The van der Waals surface area contributed by atoms with Crippen LogP contribution < -0.4 is 10.6 Å². The summed E-state index contributed by atoms with van der Waals surface area (Å²) in [6.45, 7) is 7.07. The van der Waals surface area contributed by atoms with Crippen molar-refractivity contribution in [1.82, 2.24) is 15.5 Å². The highest BCUT2D eigenvalue weighted by atomic mass is 127. The van der Waals surface area contributed by atoms with E-state index in [0.29, 0.717) is 26.2 Å². The molecule has 142 valence electrons. The average molecular weight is 462 g/mol. The van der Waals surface area contributed by atoms with Crippen LogP contribution in [0.3, 0.4) is 0 Å². The van der Waals surface area contributed by atoms with Crippen molar-refractivity contribution in [2.24, 2.45) is 4.99 Å². The smallest absolute Gasteiger partial charge is 0.191 e. The number of benzene rings is 1. The van der Waals surface area contributed by atoms with Crippen molar-refractivity contribution < 1.29 is 9.84 Å². The number of aliphatic hydroxyl groups is 1. The summed E-state index contributed by atoms with van der Waals surface area (Å²) in [6, 6.07) is 8.55. The third-order valence-corrected chi connectivity index (χ3v) is 4.08. The first-order valence-electron chi connectivity index (χ1n) is 8.71. The first kappa shape index (κ1) is 22.1. The lowest BCUT2D eigenvalue weighted by Crippen LogP contribution is -2.41. The number of β-amino-alcohol motifs (C(OH)–C–C–N with tert-alkyl or cyclic N) is 1. The molecule has 1 unspecified atom stereocenters. The minimum atomic E-state index is -0.465. The van der Waals surface area contributed by atoms with Crippen molar-refractivity contribution in [3.05, 3.63) is 35.4 Å². The molecule has 0 saturated carbocycles. The third kappa shape index (κ3) is 7.89. The summed E-state index contributed by atoms with van der Waals surface area (Å²) in [5, 5.41) is 16.7. The fraction of sp³-hybridized carbons (Fsp3) is 0.611. The maximum absolute atomic E-state index is 10.3. The summed E-state index contributed by atoms with van der Waals surface area (Å²) < 4.78 is 5.02. The third-order valence-electron chi connectivity index (χ3n) is 4.08. The van der Waals surface area contributed by atoms with Gasteiger partial charge in [-0.2, -0.15) is 0 Å². The molecule has 0 spiro atoms. The summed E-state index contributed by atoms with van der Waals surface area (Å²) in [5.74, 6) is 0.720. The molecule has 0 fully saturated rings. The van der Waals surface area contributed by atoms with Crippen molar-refractivity contribution >= 4 is 29.9 Å². The van der Waals surface area contributed by atoms with E-state index in [9.17, 15) is 5.11 Å². The number of guanidine groups is 1. The largest absolute Gasteiger partial charge is 0.390 e. The monoisotopic (exact) mass is 462 g/mol. The zero-order valence-electron chi connectivity index (χ0n) is 15.2. The second kappa shape index (κ2) is 12.5. The van der Waals surface area contributed by atoms with Gasteiger partial charge in [0.05, 0.1) is 19.3 Å². The van der Waals surface area contributed by atoms with Crippen LogP contribution in [0.15, 0.2) is 29.3 Å². The molecule has 1 aliphatic rings. The van der Waals surface area contributed by atoms with Gasteiger partial charge in [0.2, 0.25) is 0 Å². The Balaban J connectivity index is 0.00000312. The first-order chi connectivity index (χ1) is 11.7. The molecule has 7 heteroatoms. The van der Waals surface area contributed by atoms with Crippen LogP contribution in [-0.4, -0.2) is 68.5 Å². The fourth-order valence-electron chi connectivity index (χ4n) is 2.88. The number of fused-ring (bicyclic) bond motifs is 1. The predicted molar refractivity (Wildman–Crippen MR) is 113 cm³/mol. The van der Waals surface area contributed by atoms with Crippen molar-refractivity contribution in [3.63, 3.8) is 0 Å². The summed E-state index contributed by atoms with van der Waals surface area (Å²) in [4.78, 5) is 6.76. The van der Waals surface area contributed by atoms with E-state index in [1.54, 1.807) is 7.11 Å². The van der Waals surface area contributed by atoms with Crippen LogP contribution in [0, 0.1) is 0 Å². The van der Waals surface area contributed by atoms with E-state index < -0.39 is 6.10 Å². The van der Waals surface area contributed by atoms with Crippen LogP contribution in [0.5, 0.6) is 0 Å². The van der Waals surface area contributed by atoms with Crippen molar-refractivity contribution in [2.75, 3.05) is 46.4 Å². The Hall–Kier alpha value is -0.900. The summed E-state index contributed by atoms with van der Waals surface area (Å²) in [7, 11) is 1.67. The minimum absolute atomic E-state index is 0. The van der Waals surface area contributed by atoms with Crippen LogP contribution in [0.25, 0.3) is 0 Å². The molecule has 1 aliphatic heterocycles. The Kier molecular flexibility index (Phi) is 11.0. The van der Waals surface area contributed by atoms with Gasteiger partial charge in [-0.3, -0.25) is 9.89 Å². The van der Waals surface area contributed by atoms with Crippen LogP contribution in [0.2, 0.25) is 0 Å². The van der Waals surface area contributed by atoms with Crippen LogP contribution in [0.1, 0.15) is 18.1 Å². The van der Waals surface area contributed by atoms with Crippen LogP contribution >= 0.6 is 24.0 Å². The van der Waals surface area contributed by atoms with Gasteiger partial charge in [-0.15, -0.1) is 24.0 Å². The molecule has 0 bridgehead atoms. The molecule has 2 rings (SSSR count). The molecule has 6 nitrogen and oxygen atoms in total. The number of halogens is 1. The topological polar surface area (TPSA) is 69.1 Å². The average Bonchev–Trinajstić information content (AvgIpc) is 2.60. The molecule has 0 saturated heterocycles. The molecule has 0 aromatic heterocycles. The number of aliphatic hydroxyl groups excluding tert-OH is 1. The van der Waals surface area contributed by atoms with Gasteiger partial charge in [0.25, 0.3) is 0 Å². The molecule has 1 aromatic rings. The molecular weight excluding hydrogens is 431 g/mol. The number of ether oxygens (including phenoxy) is 1. The second-order valence-electron chi connectivity index (χ2n) is 6.05. The fourth-order valence-corrected chi connectivity index (χ4v) is 2.88. The lowest BCUT2D eigenvalue weighted by atomic mass is 10.00. The van der Waals surface area contributed by atoms with E-state index in [1.165, 1.54) is 11.1 Å². The van der Waals surface area contributed by atoms with E-state index in [-0.39, 0.29) is 24.0 Å². The highest BCUT2D eigenvalue weighted by Crippen LogP contribution is 2.18. The van der Waals surface area contributed by atoms with Crippen molar-refractivity contribution in [2.45, 2.75) is 26.0 Å². The van der Waals surface area contributed by atoms with E-state index in [4.69, 9.17) is 4.74 Å². The molecular formula is C18H31IN4O2. The quantitative estimate of drug-likeness (QED) is 0.235.